The van der Waals surface area contributed by atoms with E-state index in [-0.39, 0.29) is 6.61 Å². The van der Waals surface area contributed by atoms with Crippen LogP contribution in [-0.2, 0) is 6.54 Å². The zero-order chi connectivity index (χ0) is 11.1. The molecule has 0 radical (unpaired) electrons. The highest BCUT2D eigenvalue weighted by atomic mass is 16.5. The predicted molar refractivity (Wildman–Crippen MR) is 56.9 cm³/mol. The molecule has 1 aromatic carbocycles. The smallest absolute Gasteiger partial charge is 0.174 e. The average molecular weight is 206 g/mol. The first-order chi connectivity index (χ1) is 7.31. The minimum absolute atomic E-state index is 0.0586. The van der Waals surface area contributed by atoms with Crippen molar-refractivity contribution >= 4 is 0 Å². The van der Waals surface area contributed by atoms with E-state index in [1.807, 2.05) is 31.3 Å². The molecule has 4 heteroatoms. The molecule has 1 aromatic rings. The number of methoxy groups -OCH3 is 1. The molecule has 0 fully saturated rings. The third kappa shape index (κ3) is 3.15. The maximum atomic E-state index is 8.43. The molecule has 80 valence electrons. The van der Waals surface area contributed by atoms with Gasteiger partial charge in [0.15, 0.2) is 6.61 Å². The van der Waals surface area contributed by atoms with Gasteiger partial charge in [-0.2, -0.15) is 5.26 Å². The zero-order valence-corrected chi connectivity index (χ0v) is 8.91. The van der Waals surface area contributed by atoms with E-state index in [9.17, 15) is 0 Å². The number of nitrogens with one attached hydrogen (secondary N) is 1. The van der Waals surface area contributed by atoms with Gasteiger partial charge in [-0.15, -0.1) is 0 Å². The van der Waals surface area contributed by atoms with Crippen LogP contribution in [0.4, 0.5) is 0 Å². The minimum atomic E-state index is 0.0586. The first-order valence-corrected chi connectivity index (χ1v) is 4.63. The quantitative estimate of drug-likeness (QED) is 0.789. The summed E-state index contributed by atoms with van der Waals surface area (Å²) in [6.45, 7) is 0.737. The first-order valence-electron chi connectivity index (χ1n) is 4.63. The fraction of sp³-hybridized carbons (Fsp3) is 0.364. The van der Waals surface area contributed by atoms with E-state index in [1.165, 1.54) is 0 Å². The molecule has 0 saturated carbocycles. The first kappa shape index (κ1) is 11.3. The van der Waals surface area contributed by atoms with Crippen molar-refractivity contribution < 1.29 is 9.47 Å². The van der Waals surface area contributed by atoms with Crippen molar-refractivity contribution in [3.8, 4) is 17.6 Å². The molecule has 0 aromatic heterocycles. The van der Waals surface area contributed by atoms with E-state index in [0.717, 1.165) is 11.3 Å². The van der Waals surface area contributed by atoms with E-state index in [2.05, 4.69) is 5.32 Å². The molecule has 0 aliphatic rings. The summed E-state index contributed by atoms with van der Waals surface area (Å²) in [5.41, 5.74) is 0.979. The Morgan fingerprint density at radius 2 is 2.27 bits per heavy atom. The number of nitriles is 1. The summed E-state index contributed by atoms with van der Waals surface area (Å²) in [4.78, 5) is 0. The van der Waals surface area contributed by atoms with Gasteiger partial charge in [0.05, 0.1) is 7.11 Å². The van der Waals surface area contributed by atoms with Gasteiger partial charge in [0.2, 0.25) is 0 Å². The molecule has 0 aliphatic carbocycles. The topological polar surface area (TPSA) is 54.3 Å². The summed E-state index contributed by atoms with van der Waals surface area (Å²) >= 11 is 0. The number of rotatable bonds is 5. The lowest BCUT2D eigenvalue weighted by Crippen LogP contribution is -2.08. The van der Waals surface area contributed by atoms with E-state index in [1.54, 1.807) is 7.11 Å². The van der Waals surface area contributed by atoms with Crippen molar-refractivity contribution in [2.75, 3.05) is 20.8 Å². The van der Waals surface area contributed by atoms with Gasteiger partial charge in [0.25, 0.3) is 0 Å². The number of hydrogen-bond acceptors (Lipinski definition) is 4. The van der Waals surface area contributed by atoms with E-state index in [4.69, 9.17) is 14.7 Å². The zero-order valence-electron chi connectivity index (χ0n) is 8.91. The van der Waals surface area contributed by atoms with Crippen LogP contribution < -0.4 is 14.8 Å². The van der Waals surface area contributed by atoms with Gasteiger partial charge in [-0.3, -0.25) is 0 Å². The maximum Gasteiger partial charge on any atom is 0.174 e. The van der Waals surface area contributed by atoms with Crippen molar-refractivity contribution in [2.45, 2.75) is 6.54 Å². The molecule has 0 heterocycles. The molecule has 0 amide bonds. The van der Waals surface area contributed by atoms with Crippen LogP contribution in [0.15, 0.2) is 18.2 Å². The lowest BCUT2D eigenvalue weighted by atomic mass is 10.2. The normalized spacial score (nSPS) is 9.40. The average Bonchev–Trinajstić information content (AvgIpc) is 2.27. The van der Waals surface area contributed by atoms with Gasteiger partial charge < -0.3 is 14.8 Å². The van der Waals surface area contributed by atoms with Crippen LogP contribution in [0, 0.1) is 11.3 Å². The summed E-state index contributed by atoms with van der Waals surface area (Å²) in [5, 5.41) is 11.5. The van der Waals surface area contributed by atoms with Crippen LogP contribution in [0.1, 0.15) is 5.56 Å². The van der Waals surface area contributed by atoms with Gasteiger partial charge in [-0.25, -0.2) is 0 Å². The SMILES string of the molecule is CNCc1cc(OC)ccc1OCC#N. The number of nitrogens with zero attached hydrogens (tertiary/aromatic N) is 1. The molecule has 0 saturated heterocycles. The lowest BCUT2D eigenvalue weighted by molar-refractivity contribution is 0.360. The summed E-state index contributed by atoms with van der Waals surface area (Å²) in [6.07, 6.45) is 0. The van der Waals surface area contributed by atoms with Crippen LogP contribution in [0.2, 0.25) is 0 Å². The van der Waals surface area contributed by atoms with Crippen LogP contribution >= 0.6 is 0 Å². The van der Waals surface area contributed by atoms with E-state index in [0.29, 0.717) is 12.3 Å². The highest BCUT2D eigenvalue weighted by Gasteiger charge is 2.04. The summed E-state index contributed by atoms with van der Waals surface area (Å²) in [6, 6.07) is 7.45. The van der Waals surface area contributed by atoms with E-state index >= 15 is 0 Å². The summed E-state index contributed by atoms with van der Waals surface area (Å²) < 4.78 is 10.4. The number of hydrogen-bond donors (Lipinski definition) is 1. The second-order valence-electron chi connectivity index (χ2n) is 2.95. The fourth-order valence-electron chi connectivity index (χ4n) is 1.26. The molecule has 0 unspecified atom stereocenters. The van der Waals surface area contributed by atoms with Crippen LogP contribution in [0.25, 0.3) is 0 Å². The molecule has 1 N–H and O–H groups in total. The Hall–Kier alpha value is -1.73. The van der Waals surface area contributed by atoms with Crippen LogP contribution in [-0.4, -0.2) is 20.8 Å². The molecule has 0 spiro atoms. The molecule has 1 rings (SSSR count). The van der Waals surface area contributed by atoms with Crippen LogP contribution in [0.3, 0.4) is 0 Å². The van der Waals surface area contributed by atoms with Crippen LogP contribution in [0.5, 0.6) is 11.5 Å². The van der Waals surface area contributed by atoms with Crippen molar-refractivity contribution in [1.82, 2.24) is 5.32 Å². The van der Waals surface area contributed by atoms with Crippen molar-refractivity contribution in [1.29, 1.82) is 5.26 Å². The third-order valence-electron chi connectivity index (χ3n) is 1.93. The number of ether oxygens (including phenoxy) is 2. The molecule has 4 nitrogen and oxygen atoms in total. The predicted octanol–water partition coefficient (Wildman–Crippen LogP) is 1.32. The van der Waals surface area contributed by atoms with Crippen molar-refractivity contribution in [2.24, 2.45) is 0 Å². The Bertz CT molecular complexity index is 358. The fourth-order valence-corrected chi connectivity index (χ4v) is 1.26. The number of benzene rings is 1. The monoisotopic (exact) mass is 206 g/mol. The Balaban J connectivity index is 2.88. The lowest BCUT2D eigenvalue weighted by Gasteiger charge is -2.10. The largest absolute Gasteiger partial charge is 0.497 e. The standard InChI is InChI=1S/C11H14N2O2/c1-13-8-9-7-10(14-2)3-4-11(9)15-6-5-12/h3-4,7,13H,6,8H2,1-2H3. The van der Waals surface area contributed by atoms with Gasteiger partial charge in [-0.05, 0) is 25.2 Å². The highest BCUT2D eigenvalue weighted by Crippen LogP contribution is 2.23. The Morgan fingerprint density at radius 3 is 2.87 bits per heavy atom. The molecule has 0 aliphatic heterocycles. The molecule has 15 heavy (non-hydrogen) atoms. The molecular weight excluding hydrogens is 192 g/mol. The Labute approximate surface area is 89.4 Å². The Kier molecular flexibility index (Phi) is 4.45. The van der Waals surface area contributed by atoms with Crippen molar-refractivity contribution in [3.05, 3.63) is 23.8 Å². The van der Waals surface area contributed by atoms with E-state index < -0.39 is 0 Å². The molecule has 0 atom stereocenters. The van der Waals surface area contributed by atoms with Gasteiger partial charge in [-0.1, -0.05) is 0 Å². The van der Waals surface area contributed by atoms with Crippen molar-refractivity contribution in [3.63, 3.8) is 0 Å². The Morgan fingerprint density at radius 1 is 1.47 bits per heavy atom. The van der Waals surface area contributed by atoms with Gasteiger partial charge >= 0.3 is 0 Å². The summed E-state index contributed by atoms with van der Waals surface area (Å²) in [7, 11) is 3.47. The highest BCUT2D eigenvalue weighted by molar-refractivity contribution is 5.40. The molecular formula is C11H14N2O2. The minimum Gasteiger partial charge on any atom is -0.497 e. The van der Waals surface area contributed by atoms with Gasteiger partial charge in [0.1, 0.15) is 17.6 Å². The summed E-state index contributed by atoms with van der Waals surface area (Å²) in [5.74, 6) is 1.50. The third-order valence-corrected chi connectivity index (χ3v) is 1.93. The molecule has 0 bridgehead atoms. The van der Waals surface area contributed by atoms with Gasteiger partial charge in [0, 0.05) is 12.1 Å². The second-order valence-corrected chi connectivity index (χ2v) is 2.95. The second kappa shape index (κ2) is 5.89. The maximum absolute atomic E-state index is 8.43.